The maximum atomic E-state index is 10.0. The third-order valence-electron chi connectivity index (χ3n) is 3.86. The number of nitrogens with zero attached hydrogens (tertiary/aromatic N) is 1. The lowest BCUT2D eigenvalue weighted by atomic mass is 10.1. The van der Waals surface area contributed by atoms with E-state index in [0.717, 1.165) is 22.6 Å². The summed E-state index contributed by atoms with van der Waals surface area (Å²) in [5, 5.41) is 10.0. The molecule has 0 radical (unpaired) electrons. The molecule has 3 aromatic rings. The van der Waals surface area contributed by atoms with Gasteiger partial charge in [0.05, 0.1) is 6.10 Å². The molecule has 1 unspecified atom stereocenters. The second kappa shape index (κ2) is 7.81. The number of rotatable bonds is 6. The monoisotopic (exact) mass is 335 g/mol. The number of aliphatic hydroxyl groups excluding tert-OH is 1. The summed E-state index contributed by atoms with van der Waals surface area (Å²) in [5.74, 6) is 2.02. The number of ether oxygens (including phenoxy) is 1. The van der Waals surface area contributed by atoms with Crippen LogP contribution in [0.3, 0.4) is 0 Å². The van der Waals surface area contributed by atoms with E-state index in [-0.39, 0.29) is 0 Å². The molecule has 0 saturated heterocycles. The first kappa shape index (κ1) is 17.0. The highest BCUT2D eigenvalue weighted by Crippen LogP contribution is 2.24. The molecule has 1 heterocycles. The molecule has 128 valence electrons. The zero-order chi connectivity index (χ0) is 17.6. The molecule has 25 heavy (non-hydrogen) atoms. The fourth-order valence-corrected chi connectivity index (χ4v) is 2.50. The number of aromatic nitrogens is 1. The molecule has 0 amide bonds. The van der Waals surface area contributed by atoms with Gasteiger partial charge in [-0.25, -0.2) is 4.98 Å². The Bertz CT molecular complexity index is 853. The van der Waals surface area contributed by atoms with E-state index in [9.17, 15) is 5.11 Å². The summed E-state index contributed by atoms with van der Waals surface area (Å²) in [6.45, 7) is 4.07. The van der Waals surface area contributed by atoms with Crippen LogP contribution in [-0.4, -0.2) is 10.1 Å². The Morgan fingerprint density at radius 2 is 1.96 bits per heavy atom. The van der Waals surface area contributed by atoms with Gasteiger partial charge in [0.25, 0.3) is 0 Å². The molecule has 0 bridgehead atoms. The number of hydrogen-bond acceptors (Lipinski definition) is 4. The third kappa shape index (κ3) is 4.17. The Labute approximate surface area is 147 Å². The van der Waals surface area contributed by atoms with Crippen molar-refractivity contribution in [3.8, 4) is 17.2 Å². The van der Waals surface area contributed by atoms with Crippen molar-refractivity contribution >= 4 is 0 Å². The number of oxazole rings is 1. The van der Waals surface area contributed by atoms with E-state index in [2.05, 4.69) is 4.98 Å². The summed E-state index contributed by atoms with van der Waals surface area (Å²) >= 11 is 0. The Hall–Kier alpha value is -2.85. The molecular formula is C21H21NO3. The Kier molecular flexibility index (Phi) is 5.31. The van der Waals surface area contributed by atoms with E-state index >= 15 is 0 Å². The normalized spacial score (nSPS) is 12.4. The molecule has 3 rings (SSSR count). The van der Waals surface area contributed by atoms with Crippen LogP contribution in [0.4, 0.5) is 0 Å². The standard InChI is InChI=1S/C21H21NO3/c1-3-8-20(23)17-11-7-12-18(13-17)24-14-19-15(2)25-21(22-19)16-9-5-4-6-10-16/h3-13,20,23H,14H2,1-2H3/b8-3+. The molecule has 1 N–H and O–H groups in total. The minimum atomic E-state index is -0.632. The van der Waals surface area contributed by atoms with Crippen molar-refractivity contribution in [3.63, 3.8) is 0 Å². The molecule has 0 aliphatic heterocycles. The molecule has 0 aliphatic rings. The van der Waals surface area contributed by atoms with Crippen LogP contribution in [0.2, 0.25) is 0 Å². The van der Waals surface area contributed by atoms with E-state index in [1.54, 1.807) is 6.08 Å². The minimum Gasteiger partial charge on any atom is -0.487 e. The molecule has 4 nitrogen and oxygen atoms in total. The minimum absolute atomic E-state index is 0.311. The van der Waals surface area contributed by atoms with Gasteiger partial charge in [-0.05, 0) is 43.7 Å². The quantitative estimate of drug-likeness (QED) is 0.655. The average molecular weight is 335 g/mol. The van der Waals surface area contributed by atoms with Gasteiger partial charge in [0.15, 0.2) is 0 Å². The average Bonchev–Trinajstić information content (AvgIpc) is 3.02. The summed E-state index contributed by atoms with van der Waals surface area (Å²) in [6.07, 6.45) is 2.92. The van der Waals surface area contributed by atoms with Gasteiger partial charge in [-0.3, -0.25) is 0 Å². The number of benzene rings is 2. The second-order valence-electron chi connectivity index (χ2n) is 5.72. The zero-order valence-corrected chi connectivity index (χ0v) is 14.3. The van der Waals surface area contributed by atoms with Gasteiger partial charge in [-0.1, -0.05) is 42.5 Å². The highest BCUT2D eigenvalue weighted by molar-refractivity contribution is 5.53. The molecule has 4 heteroatoms. The van der Waals surface area contributed by atoms with E-state index in [1.165, 1.54) is 0 Å². The molecule has 1 atom stereocenters. The van der Waals surface area contributed by atoms with E-state index < -0.39 is 6.10 Å². The van der Waals surface area contributed by atoms with Crippen molar-refractivity contribution in [2.24, 2.45) is 0 Å². The van der Waals surface area contributed by atoms with Crippen molar-refractivity contribution < 1.29 is 14.3 Å². The SMILES string of the molecule is C/C=C/C(O)c1cccc(OCc2nc(-c3ccccc3)oc2C)c1. The molecular weight excluding hydrogens is 314 g/mol. The maximum absolute atomic E-state index is 10.0. The Morgan fingerprint density at radius 3 is 2.72 bits per heavy atom. The maximum Gasteiger partial charge on any atom is 0.226 e. The topological polar surface area (TPSA) is 55.5 Å². The summed E-state index contributed by atoms with van der Waals surface area (Å²) in [7, 11) is 0. The smallest absolute Gasteiger partial charge is 0.226 e. The summed E-state index contributed by atoms with van der Waals surface area (Å²) in [4.78, 5) is 4.53. The fraction of sp³-hybridized carbons (Fsp3) is 0.190. The van der Waals surface area contributed by atoms with Crippen LogP contribution in [0.1, 0.15) is 30.0 Å². The van der Waals surface area contributed by atoms with Crippen LogP contribution in [0, 0.1) is 6.92 Å². The van der Waals surface area contributed by atoms with Gasteiger partial charge in [0, 0.05) is 5.56 Å². The first-order chi connectivity index (χ1) is 12.2. The zero-order valence-electron chi connectivity index (χ0n) is 14.3. The van der Waals surface area contributed by atoms with Crippen LogP contribution in [0.5, 0.6) is 5.75 Å². The van der Waals surface area contributed by atoms with E-state index in [1.807, 2.05) is 74.5 Å². The van der Waals surface area contributed by atoms with Crippen LogP contribution in [0.25, 0.3) is 11.5 Å². The molecule has 1 aromatic heterocycles. The van der Waals surface area contributed by atoms with Crippen molar-refractivity contribution in [3.05, 3.63) is 83.8 Å². The van der Waals surface area contributed by atoms with E-state index in [4.69, 9.17) is 9.15 Å². The summed E-state index contributed by atoms with van der Waals surface area (Å²) < 4.78 is 11.6. The fourth-order valence-electron chi connectivity index (χ4n) is 2.50. The number of hydrogen-bond donors (Lipinski definition) is 1. The van der Waals surface area contributed by atoms with Gasteiger partial charge in [0.1, 0.15) is 23.8 Å². The van der Waals surface area contributed by atoms with Crippen LogP contribution < -0.4 is 4.74 Å². The van der Waals surface area contributed by atoms with E-state index in [0.29, 0.717) is 18.2 Å². The second-order valence-corrected chi connectivity index (χ2v) is 5.72. The Morgan fingerprint density at radius 1 is 1.16 bits per heavy atom. The first-order valence-corrected chi connectivity index (χ1v) is 8.22. The van der Waals surface area contributed by atoms with Gasteiger partial charge in [0.2, 0.25) is 5.89 Å². The number of aliphatic hydroxyl groups is 1. The first-order valence-electron chi connectivity index (χ1n) is 8.22. The molecule has 0 fully saturated rings. The Balaban J connectivity index is 1.72. The lowest BCUT2D eigenvalue weighted by Crippen LogP contribution is -1.99. The molecule has 0 aliphatic carbocycles. The van der Waals surface area contributed by atoms with Crippen molar-refractivity contribution in [1.82, 2.24) is 4.98 Å². The van der Waals surface area contributed by atoms with Gasteiger partial charge >= 0.3 is 0 Å². The predicted octanol–water partition coefficient (Wildman–Crippen LogP) is 4.84. The lowest BCUT2D eigenvalue weighted by molar-refractivity contribution is 0.227. The largest absolute Gasteiger partial charge is 0.487 e. The van der Waals surface area contributed by atoms with Crippen molar-refractivity contribution in [2.45, 2.75) is 26.6 Å². The van der Waals surface area contributed by atoms with Gasteiger partial charge < -0.3 is 14.3 Å². The molecule has 2 aromatic carbocycles. The van der Waals surface area contributed by atoms with Gasteiger partial charge in [-0.2, -0.15) is 0 Å². The van der Waals surface area contributed by atoms with Crippen LogP contribution in [-0.2, 0) is 6.61 Å². The third-order valence-corrected chi connectivity index (χ3v) is 3.86. The summed E-state index contributed by atoms with van der Waals surface area (Å²) in [5.41, 5.74) is 2.49. The number of aryl methyl sites for hydroxylation is 1. The summed E-state index contributed by atoms with van der Waals surface area (Å²) in [6, 6.07) is 17.2. The molecule has 0 saturated carbocycles. The highest BCUT2D eigenvalue weighted by Gasteiger charge is 2.12. The lowest BCUT2D eigenvalue weighted by Gasteiger charge is -2.09. The molecule has 0 spiro atoms. The van der Waals surface area contributed by atoms with Crippen molar-refractivity contribution in [1.29, 1.82) is 0 Å². The number of allylic oxidation sites excluding steroid dienone is 1. The van der Waals surface area contributed by atoms with Crippen molar-refractivity contribution in [2.75, 3.05) is 0 Å². The van der Waals surface area contributed by atoms with Crippen LogP contribution in [0.15, 0.2) is 71.2 Å². The predicted molar refractivity (Wildman–Crippen MR) is 97.2 cm³/mol. The van der Waals surface area contributed by atoms with Crippen LogP contribution >= 0.6 is 0 Å². The van der Waals surface area contributed by atoms with Gasteiger partial charge in [-0.15, -0.1) is 0 Å². The highest BCUT2D eigenvalue weighted by atomic mass is 16.5.